The van der Waals surface area contributed by atoms with Gasteiger partial charge in [-0.15, -0.1) is 0 Å². The van der Waals surface area contributed by atoms with Crippen LogP contribution in [0.4, 0.5) is 0 Å². The van der Waals surface area contributed by atoms with Crippen molar-refractivity contribution >= 4 is 26.9 Å². The van der Waals surface area contributed by atoms with Gasteiger partial charge in [-0.25, -0.2) is 0 Å². The van der Waals surface area contributed by atoms with Gasteiger partial charge in [0.2, 0.25) is 0 Å². The molecule has 0 fully saturated rings. The summed E-state index contributed by atoms with van der Waals surface area (Å²) in [6.45, 7) is 0. The molecule has 0 bridgehead atoms. The molecule has 0 spiro atoms. The normalized spacial score (nSPS) is 10.8. The van der Waals surface area contributed by atoms with E-state index in [0.29, 0.717) is 12.8 Å². The molecule has 0 aromatic heterocycles. The first-order valence-corrected chi connectivity index (χ1v) is 11.6. The fourth-order valence-electron chi connectivity index (χ4n) is 2.48. The van der Waals surface area contributed by atoms with Crippen LogP contribution in [0.15, 0.2) is 0 Å². The van der Waals surface area contributed by atoms with Crippen LogP contribution in [0.5, 0.6) is 0 Å². The molecule has 0 aliphatic rings. The van der Waals surface area contributed by atoms with Gasteiger partial charge in [-0.3, -0.25) is 0 Å². The summed E-state index contributed by atoms with van der Waals surface area (Å²) in [6.07, 6.45) is 14.6. The van der Waals surface area contributed by atoms with E-state index in [1.54, 1.807) is 0 Å². The Balaban J connectivity index is 3.00. The van der Waals surface area contributed by atoms with Gasteiger partial charge in [0.25, 0.3) is 0 Å². The molecule has 0 unspecified atom stereocenters. The van der Waals surface area contributed by atoms with Gasteiger partial charge in [0.1, 0.15) is 0 Å². The Bertz CT molecular complexity index is 267. The monoisotopic (exact) mass is 394 g/mol. The molecule has 0 aromatic rings. The molecule has 0 rings (SSSR count). The number of rotatable bonds is 18. The van der Waals surface area contributed by atoms with Gasteiger partial charge in [0.05, 0.1) is 0 Å². The first-order chi connectivity index (χ1) is 11.1. The maximum atomic E-state index is 10.4. The van der Waals surface area contributed by atoms with Crippen LogP contribution in [0.3, 0.4) is 0 Å². The molecule has 0 aliphatic carbocycles. The third-order valence-electron chi connectivity index (χ3n) is 3.86. The number of carboxylic acids is 2. The van der Waals surface area contributed by atoms with Crippen LogP contribution < -0.4 is 0 Å². The molecular formula is C18H34O4Se. The molecule has 2 N–H and O–H groups in total. The van der Waals surface area contributed by atoms with E-state index in [1.807, 2.05) is 0 Å². The van der Waals surface area contributed by atoms with Crippen molar-refractivity contribution in [1.29, 1.82) is 0 Å². The van der Waals surface area contributed by atoms with Gasteiger partial charge in [0, 0.05) is 0 Å². The van der Waals surface area contributed by atoms with Crippen LogP contribution in [-0.2, 0) is 9.59 Å². The minimum atomic E-state index is -0.673. The second-order valence-electron chi connectivity index (χ2n) is 6.14. The SMILES string of the molecule is O=C(O)CCCCCCCC[Se]CCCCCCCCC(=O)O. The van der Waals surface area contributed by atoms with E-state index in [4.69, 9.17) is 10.2 Å². The molecule has 4 nitrogen and oxygen atoms in total. The standard InChI is InChI=1S/C18H34O4Se/c19-17(20)13-9-5-1-3-7-11-15-23-16-12-8-4-2-6-10-14-18(21)22/h1-16H2,(H,19,20)(H,21,22). The Morgan fingerprint density at radius 3 is 1.17 bits per heavy atom. The van der Waals surface area contributed by atoms with Gasteiger partial charge in [0.15, 0.2) is 0 Å². The van der Waals surface area contributed by atoms with E-state index < -0.39 is 11.9 Å². The van der Waals surface area contributed by atoms with Crippen molar-refractivity contribution in [2.75, 3.05) is 0 Å². The summed E-state index contributed by atoms with van der Waals surface area (Å²) < 4.78 is 0. The van der Waals surface area contributed by atoms with Gasteiger partial charge in [-0.05, 0) is 0 Å². The molecule has 0 heterocycles. The summed E-state index contributed by atoms with van der Waals surface area (Å²) in [5.74, 6) is -1.35. The van der Waals surface area contributed by atoms with E-state index in [9.17, 15) is 9.59 Å². The molecule has 136 valence electrons. The molecule has 0 atom stereocenters. The summed E-state index contributed by atoms with van der Waals surface area (Å²) in [6, 6.07) is 0. The van der Waals surface area contributed by atoms with Crippen molar-refractivity contribution in [2.45, 2.75) is 101 Å². The summed E-state index contributed by atoms with van der Waals surface area (Å²) in [4.78, 5) is 20.7. The van der Waals surface area contributed by atoms with Crippen molar-refractivity contribution in [3.63, 3.8) is 0 Å². The zero-order chi connectivity index (χ0) is 17.2. The second kappa shape index (κ2) is 17.8. The number of carboxylic acid groups (broad SMARTS) is 2. The molecule has 23 heavy (non-hydrogen) atoms. The topological polar surface area (TPSA) is 74.6 Å². The summed E-state index contributed by atoms with van der Waals surface area (Å²) in [7, 11) is 0. The zero-order valence-corrected chi connectivity index (χ0v) is 16.1. The van der Waals surface area contributed by atoms with Crippen LogP contribution in [0.1, 0.15) is 89.9 Å². The van der Waals surface area contributed by atoms with Gasteiger partial charge in [-0.1, -0.05) is 0 Å². The average molecular weight is 393 g/mol. The molecule has 0 radical (unpaired) electrons. The fourth-order valence-corrected chi connectivity index (χ4v) is 4.62. The first kappa shape index (κ1) is 22.5. The van der Waals surface area contributed by atoms with Crippen molar-refractivity contribution in [3.05, 3.63) is 0 Å². The van der Waals surface area contributed by atoms with E-state index >= 15 is 0 Å². The predicted octanol–water partition coefficient (Wildman–Crippen LogP) is 5.16. The van der Waals surface area contributed by atoms with Crippen LogP contribution in [0, 0.1) is 0 Å². The number of carbonyl (C=O) groups is 2. The van der Waals surface area contributed by atoms with E-state index in [0.717, 1.165) is 40.6 Å². The molecule has 0 amide bonds. The second-order valence-corrected chi connectivity index (χ2v) is 8.71. The zero-order valence-electron chi connectivity index (χ0n) is 14.4. The third-order valence-corrected chi connectivity index (χ3v) is 6.28. The van der Waals surface area contributed by atoms with Gasteiger partial charge in [-0.2, -0.15) is 0 Å². The molecule has 0 saturated carbocycles. The Labute approximate surface area is 147 Å². The molecule has 0 aromatic carbocycles. The first-order valence-electron chi connectivity index (χ1n) is 9.14. The van der Waals surface area contributed by atoms with E-state index in [1.165, 1.54) is 62.0 Å². The summed E-state index contributed by atoms with van der Waals surface area (Å²) in [5.41, 5.74) is 0. The van der Waals surface area contributed by atoms with Crippen molar-refractivity contribution < 1.29 is 19.8 Å². The van der Waals surface area contributed by atoms with E-state index in [-0.39, 0.29) is 0 Å². The van der Waals surface area contributed by atoms with Gasteiger partial charge >= 0.3 is 147 Å². The Kier molecular flexibility index (Phi) is 17.4. The Morgan fingerprint density at radius 2 is 0.826 bits per heavy atom. The molecule has 0 saturated heterocycles. The fraction of sp³-hybridized carbons (Fsp3) is 0.889. The van der Waals surface area contributed by atoms with Gasteiger partial charge < -0.3 is 0 Å². The number of hydrogen-bond donors (Lipinski definition) is 2. The maximum absolute atomic E-state index is 10.4. The predicted molar refractivity (Wildman–Crippen MR) is 95.3 cm³/mol. The Morgan fingerprint density at radius 1 is 0.522 bits per heavy atom. The van der Waals surface area contributed by atoms with Crippen molar-refractivity contribution in [1.82, 2.24) is 0 Å². The van der Waals surface area contributed by atoms with Crippen LogP contribution in [0.2, 0.25) is 10.6 Å². The Hall–Kier alpha value is -0.541. The number of hydrogen-bond acceptors (Lipinski definition) is 2. The average Bonchev–Trinajstić information content (AvgIpc) is 2.49. The van der Waals surface area contributed by atoms with Crippen molar-refractivity contribution in [3.8, 4) is 0 Å². The van der Waals surface area contributed by atoms with Crippen LogP contribution in [0.25, 0.3) is 0 Å². The molecule has 5 heteroatoms. The third kappa shape index (κ3) is 21.5. The summed E-state index contributed by atoms with van der Waals surface area (Å²) in [5, 5.41) is 19.8. The molecular weight excluding hydrogens is 359 g/mol. The minimum absolute atomic E-state index is 0.322. The number of aliphatic carboxylic acids is 2. The van der Waals surface area contributed by atoms with Crippen LogP contribution >= 0.6 is 0 Å². The number of unbranched alkanes of at least 4 members (excludes halogenated alkanes) is 10. The van der Waals surface area contributed by atoms with Crippen LogP contribution in [-0.4, -0.2) is 37.1 Å². The quantitative estimate of drug-likeness (QED) is 0.249. The molecule has 0 aliphatic heterocycles. The summed E-state index contributed by atoms with van der Waals surface area (Å²) >= 11 is 0.798. The van der Waals surface area contributed by atoms with E-state index in [2.05, 4.69) is 0 Å². The van der Waals surface area contributed by atoms with Crippen molar-refractivity contribution in [2.24, 2.45) is 0 Å².